The van der Waals surface area contributed by atoms with Crippen molar-refractivity contribution in [2.24, 2.45) is 11.1 Å². The fraction of sp³-hybridized carbons (Fsp3) is 0.316. The Morgan fingerprint density at radius 1 is 1.28 bits per heavy atom. The molecule has 0 aliphatic rings. The van der Waals surface area contributed by atoms with E-state index in [9.17, 15) is 9.90 Å². The van der Waals surface area contributed by atoms with Crippen molar-refractivity contribution in [1.29, 1.82) is 5.26 Å². The van der Waals surface area contributed by atoms with E-state index in [1.807, 2.05) is 26.8 Å². The molecular weight excluding hydrogens is 316 g/mol. The van der Waals surface area contributed by atoms with Gasteiger partial charge >= 0.3 is 5.97 Å². The summed E-state index contributed by atoms with van der Waals surface area (Å²) in [6, 6.07) is 11.1. The number of carbonyl (C=O) groups is 1. The molecule has 0 amide bonds. The minimum Gasteiger partial charge on any atom is -0.480 e. The van der Waals surface area contributed by atoms with Crippen molar-refractivity contribution in [3.8, 4) is 6.07 Å². The van der Waals surface area contributed by atoms with Crippen LogP contribution in [0.25, 0.3) is 16.4 Å². The van der Waals surface area contributed by atoms with Gasteiger partial charge < -0.3 is 10.8 Å². The second kappa shape index (κ2) is 5.57. The van der Waals surface area contributed by atoms with Crippen LogP contribution < -0.4 is 5.73 Å². The largest absolute Gasteiger partial charge is 0.480 e. The smallest absolute Gasteiger partial charge is 0.328 e. The molecule has 0 aliphatic heterocycles. The highest BCUT2D eigenvalue weighted by atomic mass is 16.4. The molecule has 6 heteroatoms. The Morgan fingerprint density at radius 3 is 2.56 bits per heavy atom. The van der Waals surface area contributed by atoms with E-state index in [1.165, 1.54) is 6.20 Å². The maximum absolute atomic E-state index is 11.9. The summed E-state index contributed by atoms with van der Waals surface area (Å²) in [5.41, 5.74) is 7.17. The minimum absolute atomic E-state index is 0.240. The fourth-order valence-corrected chi connectivity index (χ4v) is 3.26. The lowest BCUT2D eigenvalue weighted by molar-refractivity contribution is -0.145. The predicted octanol–water partition coefficient (Wildman–Crippen LogP) is 3.03. The molecule has 0 fully saturated rings. The maximum atomic E-state index is 11.9. The van der Waals surface area contributed by atoms with Crippen molar-refractivity contribution in [2.75, 3.05) is 0 Å². The van der Waals surface area contributed by atoms with Gasteiger partial charge in [-0.05, 0) is 35.6 Å². The third-order valence-corrected chi connectivity index (χ3v) is 4.31. The lowest BCUT2D eigenvalue weighted by Gasteiger charge is -2.32. The molecule has 3 rings (SSSR count). The van der Waals surface area contributed by atoms with Crippen LogP contribution in [0.15, 0.2) is 36.5 Å². The molecular formula is C19H20N4O2. The second-order valence-electron chi connectivity index (χ2n) is 7.59. The number of hydrogen-bond donors (Lipinski definition) is 2. The number of nitriles is 1. The highest BCUT2D eigenvalue weighted by molar-refractivity contribution is 5.87. The van der Waals surface area contributed by atoms with Crippen molar-refractivity contribution in [2.45, 2.75) is 32.7 Å². The molecule has 0 bridgehead atoms. The Balaban J connectivity index is 2.19. The van der Waals surface area contributed by atoms with Crippen molar-refractivity contribution < 1.29 is 9.90 Å². The summed E-state index contributed by atoms with van der Waals surface area (Å²) in [7, 11) is 0. The van der Waals surface area contributed by atoms with Gasteiger partial charge in [0.15, 0.2) is 0 Å². The Labute approximate surface area is 145 Å². The zero-order chi connectivity index (χ0) is 18.4. The van der Waals surface area contributed by atoms with E-state index in [-0.39, 0.29) is 5.41 Å². The van der Waals surface area contributed by atoms with Gasteiger partial charge in [0.05, 0.1) is 22.8 Å². The summed E-state index contributed by atoms with van der Waals surface area (Å²) in [5, 5.41) is 24.0. The number of nitrogens with two attached hydrogens (primary N) is 1. The van der Waals surface area contributed by atoms with Crippen LogP contribution in [0, 0.1) is 16.7 Å². The number of hydrogen-bond acceptors (Lipinski definition) is 4. The summed E-state index contributed by atoms with van der Waals surface area (Å²) in [6.07, 6.45) is 1.83. The van der Waals surface area contributed by atoms with Gasteiger partial charge in [-0.25, -0.2) is 9.31 Å². The molecule has 6 nitrogen and oxygen atoms in total. The highest BCUT2D eigenvalue weighted by Gasteiger charge is 2.39. The molecule has 0 radical (unpaired) electrons. The third kappa shape index (κ3) is 2.83. The van der Waals surface area contributed by atoms with E-state index in [0.29, 0.717) is 17.5 Å². The summed E-state index contributed by atoms with van der Waals surface area (Å²) < 4.78 is 1.68. The van der Waals surface area contributed by atoms with E-state index < -0.39 is 11.5 Å². The summed E-state index contributed by atoms with van der Waals surface area (Å²) in [4.78, 5) is 11.9. The van der Waals surface area contributed by atoms with Crippen LogP contribution in [0.2, 0.25) is 0 Å². The van der Waals surface area contributed by atoms with Crippen LogP contribution in [-0.4, -0.2) is 20.7 Å². The predicted molar refractivity (Wildman–Crippen MR) is 95.0 cm³/mol. The van der Waals surface area contributed by atoms with E-state index in [0.717, 1.165) is 16.4 Å². The standard InChI is InChI=1S/C19H20N4O2/c1-18(2,3)11-19(21,17(24)25)14-5-7-15-12(8-14)4-6-16-13(9-20)10-22-23(15)16/h4-8,10H,11,21H2,1-3H3,(H,24,25). The quantitative estimate of drug-likeness (QED) is 0.765. The topological polar surface area (TPSA) is 104 Å². The maximum Gasteiger partial charge on any atom is 0.328 e. The first kappa shape index (κ1) is 16.9. The molecule has 2 heterocycles. The first-order valence-electron chi connectivity index (χ1n) is 7.99. The Bertz CT molecular complexity index is 1020. The van der Waals surface area contributed by atoms with Gasteiger partial charge in [-0.15, -0.1) is 0 Å². The molecule has 2 aromatic heterocycles. The first-order chi connectivity index (χ1) is 11.7. The Kier molecular flexibility index (Phi) is 3.77. The average Bonchev–Trinajstić information content (AvgIpc) is 2.95. The van der Waals surface area contributed by atoms with Crippen LogP contribution in [0.3, 0.4) is 0 Å². The van der Waals surface area contributed by atoms with Gasteiger partial charge in [0, 0.05) is 5.39 Å². The van der Waals surface area contributed by atoms with E-state index in [1.54, 1.807) is 28.8 Å². The molecule has 0 aliphatic carbocycles. The van der Waals surface area contributed by atoms with Crippen molar-refractivity contribution >= 4 is 22.4 Å². The van der Waals surface area contributed by atoms with Crippen LogP contribution in [-0.2, 0) is 10.3 Å². The van der Waals surface area contributed by atoms with Gasteiger partial charge in [-0.1, -0.05) is 32.9 Å². The van der Waals surface area contributed by atoms with Crippen molar-refractivity contribution in [3.63, 3.8) is 0 Å². The highest BCUT2D eigenvalue weighted by Crippen LogP contribution is 2.34. The summed E-state index contributed by atoms with van der Waals surface area (Å²) in [6.45, 7) is 5.90. The van der Waals surface area contributed by atoms with Crippen LogP contribution >= 0.6 is 0 Å². The lowest BCUT2D eigenvalue weighted by atomic mass is 9.76. The number of nitrogens with zero attached hydrogens (tertiary/aromatic N) is 3. The van der Waals surface area contributed by atoms with Gasteiger partial charge in [0.2, 0.25) is 0 Å². The number of carboxylic acids is 1. The third-order valence-electron chi connectivity index (χ3n) is 4.31. The van der Waals surface area contributed by atoms with Crippen LogP contribution in [0.5, 0.6) is 0 Å². The zero-order valence-electron chi connectivity index (χ0n) is 14.4. The molecule has 1 atom stereocenters. The van der Waals surface area contributed by atoms with Gasteiger partial charge in [0.25, 0.3) is 0 Å². The molecule has 1 unspecified atom stereocenters. The molecule has 0 spiro atoms. The van der Waals surface area contributed by atoms with Crippen molar-refractivity contribution in [1.82, 2.24) is 9.61 Å². The summed E-state index contributed by atoms with van der Waals surface area (Å²) in [5.74, 6) is -1.05. The van der Waals surface area contributed by atoms with Crippen LogP contribution in [0.1, 0.15) is 38.3 Å². The van der Waals surface area contributed by atoms with E-state index in [2.05, 4.69) is 11.2 Å². The van der Waals surface area contributed by atoms with E-state index >= 15 is 0 Å². The number of benzene rings is 1. The molecule has 0 saturated heterocycles. The van der Waals surface area contributed by atoms with Crippen LogP contribution in [0.4, 0.5) is 0 Å². The number of aromatic nitrogens is 2. The normalized spacial score (nSPS) is 14.4. The summed E-state index contributed by atoms with van der Waals surface area (Å²) >= 11 is 0. The molecule has 3 N–H and O–H groups in total. The fourth-order valence-electron chi connectivity index (χ4n) is 3.26. The minimum atomic E-state index is -1.47. The number of pyridine rings is 1. The molecule has 128 valence electrons. The molecule has 3 aromatic rings. The van der Waals surface area contributed by atoms with Crippen molar-refractivity contribution in [3.05, 3.63) is 47.7 Å². The van der Waals surface area contributed by atoms with E-state index in [4.69, 9.17) is 11.0 Å². The molecule has 1 aromatic carbocycles. The Hall–Kier alpha value is -2.91. The van der Waals surface area contributed by atoms with Gasteiger partial charge in [-0.2, -0.15) is 10.4 Å². The lowest BCUT2D eigenvalue weighted by Crippen LogP contribution is -2.47. The SMILES string of the molecule is CC(C)(C)CC(N)(C(=O)O)c1ccc2c(ccc3c(C#N)cnn32)c1. The van der Waals surface area contributed by atoms with Gasteiger partial charge in [-0.3, -0.25) is 0 Å². The number of aliphatic carboxylic acids is 1. The zero-order valence-corrected chi connectivity index (χ0v) is 14.4. The number of rotatable bonds is 3. The first-order valence-corrected chi connectivity index (χ1v) is 7.99. The number of fused-ring (bicyclic) bond motifs is 3. The molecule has 0 saturated carbocycles. The monoisotopic (exact) mass is 336 g/mol. The number of carboxylic acid groups (broad SMARTS) is 1. The second-order valence-corrected chi connectivity index (χ2v) is 7.59. The average molecular weight is 336 g/mol. The Morgan fingerprint density at radius 2 is 1.96 bits per heavy atom. The molecule has 25 heavy (non-hydrogen) atoms. The van der Waals surface area contributed by atoms with Gasteiger partial charge in [0.1, 0.15) is 11.6 Å².